The molecule has 13 heteroatoms. The second-order valence-corrected chi connectivity index (χ2v) is 0. The van der Waals surface area contributed by atoms with Gasteiger partial charge in [0.1, 0.15) is 0 Å². The van der Waals surface area contributed by atoms with E-state index in [2.05, 4.69) is 0 Å². The largest absolute Gasteiger partial charge is 3.00 e. The van der Waals surface area contributed by atoms with Crippen LogP contribution in [0.2, 0.25) is 0 Å². The minimum atomic E-state index is 0. The van der Waals surface area contributed by atoms with Gasteiger partial charge in [0.2, 0.25) is 0 Å². The van der Waals surface area contributed by atoms with E-state index in [1.165, 1.54) is 0 Å². The van der Waals surface area contributed by atoms with Gasteiger partial charge in [0.15, 0.2) is 0 Å². The molecule has 80 valence electrons. The Morgan fingerprint density at radius 3 is 0.308 bits per heavy atom. The van der Waals surface area contributed by atoms with Gasteiger partial charge < -0.3 is 38.3 Å². The Hall–Kier alpha value is 3.36. The third kappa shape index (κ3) is 243. The molecular weight excluding hydrogens is 392 g/mol. The minimum absolute atomic E-state index is 0. The molecule has 7 nitrogen and oxygen atoms in total. The molecule has 0 amide bonds. The van der Waals surface area contributed by atoms with Crippen molar-refractivity contribution in [2.75, 3.05) is 0 Å². The first kappa shape index (κ1) is 342. The van der Waals surface area contributed by atoms with E-state index in [1.807, 2.05) is 0 Å². The number of hydrogen-bond acceptors (Lipinski definition) is 0. The van der Waals surface area contributed by atoms with Crippen molar-refractivity contribution >= 4 is 46.1 Å². The van der Waals surface area contributed by atoms with Gasteiger partial charge in [-0.2, -0.15) is 0 Å². The molecule has 0 aliphatic rings. The van der Waals surface area contributed by atoms with Gasteiger partial charge >= 0.3 is 115 Å². The Labute approximate surface area is 151 Å². The van der Waals surface area contributed by atoms with Crippen molar-refractivity contribution < 1.29 is 107 Å². The predicted octanol–water partition coefficient (Wildman–Crippen LogP) is -1.60. The maximum Gasteiger partial charge on any atom is 3.00 e. The standard InChI is InChI=1S/2Cr.2Cu.2Mg.7O/q2*+3;4*+2;7*-2. The fourth-order valence-corrected chi connectivity index (χ4v) is 0. The Morgan fingerprint density at radius 1 is 0.308 bits per heavy atom. The SMILES string of the molecule is [Cr+3].[Cr+3].[Cu+2].[Cu+2].[Mg+2].[Mg+2].[O-2].[O-2].[O-2].[O-2].[O-2].[O-2].[O-2]. The molecular formula is Cr2Cu2Mg2O7. The van der Waals surface area contributed by atoms with Crippen LogP contribution in [0.25, 0.3) is 0 Å². The summed E-state index contributed by atoms with van der Waals surface area (Å²) in [5.41, 5.74) is 0. The summed E-state index contributed by atoms with van der Waals surface area (Å²) in [6.07, 6.45) is 0. The average molecular weight is 392 g/mol. The van der Waals surface area contributed by atoms with Crippen molar-refractivity contribution in [1.29, 1.82) is 0 Å². The van der Waals surface area contributed by atoms with Crippen molar-refractivity contribution in [3.8, 4) is 0 Å². The van der Waals surface area contributed by atoms with E-state index >= 15 is 0 Å². The van der Waals surface area contributed by atoms with Crippen LogP contribution >= 0.6 is 0 Å². The molecule has 0 saturated heterocycles. The first-order chi connectivity index (χ1) is 0. The topological polar surface area (TPSA) is 200 Å². The zero-order valence-electron chi connectivity index (χ0n) is 5.69. The van der Waals surface area contributed by atoms with E-state index in [0.29, 0.717) is 0 Å². The van der Waals surface area contributed by atoms with Crippen LogP contribution in [0.15, 0.2) is 0 Å². The third-order valence-electron chi connectivity index (χ3n) is 0. The van der Waals surface area contributed by atoms with Gasteiger partial charge in [0.05, 0.1) is 0 Å². The summed E-state index contributed by atoms with van der Waals surface area (Å²) in [6.45, 7) is 0. The first-order valence-electron chi connectivity index (χ1n) is 0. The van der Waals surface area contributed by atoms with Gasteiger partial charge in [-0.25, -0.2) is 0 Å². The second-order valence-electron chi connectivity index (χ2n) is 0. The number of rotatable bonds is 0. The first-order valence-corrected chi connectivity index (χ1v) is 0. The maximum absolute atomic E-state index is 0. The molecule has 0 aliphatic carbocycles. The molecule has 0 aromatic carbocycles. The Bertz CT molecular complexity index is 22.5. The summed E-state index contributed by atoms with van der Waals surface area (Å²) in [7, 11) is 0. The Morgan fingerprint density at radius 2 is 0.308 bits per heavy atom. The minimum Gasteiger partial charge on any atom is -2.00 e. The number of hydrogen-bond donors (Lipinski definition) is 0. The van der Waals surface area contributed by atoms with E-state index in [-0.39, 0.29) is 153 Å². The molecule has 4 radical (unpaired) electrons. The van der Waals surface area contributed by atoms with Crippen LogP contribution in [0.3, 0.4) is 0 Å². The Balaban J connectivity index is 0. The normalized spacial score (nSPS) is 0. The molecule has 0 heterocycles. The average Bonchev–Trinajstić information content (AvgIpc) is 0. The van der Waals surface area contributed by atoms with Gasteiger partial charge in [-0.15, -0.1) is 0 Å². The van der Waals surface area contributed by atoms with Crippen molar-refractivity contribution in [3.63, 3.8) is 0 Å². The van der Waals surface area contributed by atoms with Crippen LogP contribution in [0.5, 0.6) is 0 Å². The molecule has 0 rings (SSSR count). The summed E-state index contributed by atoms with van der Waals surface area (Å²) >= 11 is 0. The van der Waals surface area contributed by atoms with Crippen molar-refractivity contribution in [2.24, 2.45) is 0 Å². The molecule has 0 saturated carbocycles. The van der Waals surface area contributed by atoms with E-state index in [4.69, 9.17) is 0 Å². The van der Waals surface area contributed by atoms with Crippen LogP contribution in [-0.4, -0.2) is 46.1 Å². The maximum atomic E-state index is 0. The van der Waals surface area contributed by atoms with Crippen LogP contribution in [0.1, 0.15) is 0 Å². The molecule has 13 heavy (non-hydrogen) atoms. The van der Waals surface area contributed by atoms with Crippen molar-refractivity contribution in [2.45, 2.75) is 0 Å². The van der Waals surface area contributed by atoms with Crippen LogP contribution in [0, 0.1) is 0 Å². The molecule has 0 aliphatic heterocycles. The van der Waals surface area contributed by atoms with Gasteiger partial charge in [-0.1, -0.05) is 0 Å². The molecule has 0 atom stereocenters. The quantitative estimate of drug-likeness (QED) is 0.428. The van der Waals surface area contributed by atoms with E-state index in [9.17, 15) is 0 Å². The fourth-order valence-electron chi connectivity index (χ4n) is 0. The molecule has 0 fully saturated rings. The smallest absolute Gasteiger partial charge is 2.00 e. The summed E-state index contributed by atoms with van der Waals surface area (Å²) in [5.74, 6) is 0. The zero-order chi connectivity index (χ0) is 0. The van der Waals surface area contributed by atoms with Gasteiger partial charge in [0.25, 0.3) is 0 Å². The second kappa shape index (κ2) is 281. The van der Waals surface area contributed by atoms with Crippen molar-refractivity contribution in [1.82, 2.24) is 0 Å². The van der Waals surface area contributed by atoms with Crippen LogP contribution in [-0.2, 0) is 107 Å². The monoisotopic (exact) mass is 390 g/mol. The van der Waals surface area contributed by atoms with Crippen LogP contribution < -0.4 is 0 Å². The molecule has 0 aromatic rings. The third-order valence-corrected chi connectivity index (χ3v) is 0. The predicted molar refractivity (Wildman–Crippen MR) is 16.3 cm³/mol. The summed E-state index contributed by atoms with van der Waals surface area (Å²) in [5, 5.41) is 0. The van der Waals surface area contributed by atoms with Crippen LogP contribution in [0.4, 0.5) is 0 Å². The Kier molecular flexibility index (Phi) is 7400. The van der Waals surface area contributed by atoms with Gasteiger partial charge in [-0.05, 0) is 0 Å². The van der Waals surface area contributed by atoms with Crippen molar-refractivity contribution in [3.05, 3.63) is 0 Å². The molecule has 0 N–H and O–H groups in total. The van der Waals surface area contributed by atoms with Gasteiger partial charge in [-0.3, -0.25) is 0 Å². The molecule has 0 unspecified atom stereocenters. The van der Waals surface area contributed by atoms with E-state index < -0.39 is 0 Å². The van der Waals surface area contributed by atoms with E-state index in [0.717, 1.165) is 0 Å². The molecule has 0 spiro atoms. The van der Waals surface area contributed by atoms with Gasteiger partial charge in [0, 0.05) is 0 Å². The summed E-state index contributed by atoms with van der Waals surface area (Å²) in [4.78, 5) is 0. The molecule has 0 aromatic heterocycles. The zero-order valence-corrected chi connectivity index (χ0v) is 13.0. The summed E-state index contributed by atoms with van der Waals surface area (Å²) in [6, 6.07) is 0. The van der Waals surface area contributed by atoms with E-state index in [1.54, 1.807) is 0 Å². The summed E-state index contributed by atoms with van der Waals surface area (Å²) < 4.78 is 0. The fraction of sp³-hybridized carbons (Fsp3) is 0. The molecule has 0 bridgehead atoms.